The quantitative estimate of drug-likeness (QED) is 0.874. The molecule has 1 saturated heterocycles. The van der Waals surface area contributed by atoms with Crippen molar-refractivity contribution in [1.29, 1.82) is 0 Å². The zero-order valence-corrected chi connectivity index (χ0v) is 12.1. The van der Waals surface area contributed by atoms with Crippen molar-refractivity contribution in [1.82, 2.24) is 10.2 Å². The second-order valence-corrected chi connectivity index (χ2v) is 6.01. The highest BCUT2D eigenvalue weighted by molar-refractivity contribution is 5.88. The van der Waals surface area contributed by atoms with Gasteiger partial charge in [-0.25, -0.2) is 4.79 Å². The van der Waals surface area contributed by atoms with Gasteiger partial charge in [0.15, 0.2) is 0 Å². The van der Waals surface area contributed by atoms with Crippen LogP contribution in [0.25, 0.3) is 0 Å². The zero-order valence-electron chi connectivity index (χ0n) is 12.1. The Morgan fingerprint density at radius 2 is 2.10 bits per heavy atom. The van der Waals surface area contributed by atoms with E-state index in [0.717, 1.165) is 37.2 Å². The summed E-state index contributed by atoms with van der Waals surface area (Å²) in [5.41, 5.74) is 2.41. The van der Waals surface area contributed by atoms with E-state index in [1.54, 1.807) is 12.1 Å². The Labute approximate surface area is 123 Å². The molecule has 3 rings (SSSR count). The van der Waals surface area contributed by atoms with Crippen LogP contribution in [0.2, 0.25) is 0 Å². The Balaban J connectivity index is 1.75. The van der Waals surface area contributed by atoms with Gasteiger partial charge in [-0.05, 0) is 48.7 Å². The highest BCUT2D eigenvalue weighted by Gasteiger charge is 2.32. The summed E-state index contributed by atoms with van der Waals surface area (Å²) in [4.78, 5) is 25.5. The number of carboxylic acids is 1. The predicted molar refractivity (Wildman–Crippen MR) is 78.0 cm³/mol. The molecule has 0 aromatic heterocycles. The van der Waals surface area contributed by atoms with Crippen molar-refractivity contribution in [2.24, 2.45) is 11.8 Å². The molecule has 0 spiro atoms. The SMILES string of the molecule is CC(C(=O)N1CCc2ccc(C(=O)O)cc2C1)C1CNC1. The molecule has 0 saturated carbocycles. The van der Waals surface area contributed by atoms with Gasteiger partial charge in [0, 0.05) is 19.0 Å². The third-order valence-electron chi connectivity index (χ3n) is 4.69. The molecule has 2 heterocycles. The number of amides is 1. The van der Waals surface area contributed by atoms with Crippen molar-refractivity contribution < 1.29 is 14.7 Å². The maximum Gasteiger partial charge on any atom is 0.335 e. The second-order valence-electron chi connectivity index (χ2n) is 6.01. The lowest BCUT2D eigenvalue weighted by molar-refractivity contribution is -0.138. The maximum atomic E-state index is 12.5. The first-order chi connectivity index (χ1) is 10.1. The molecule has 21 heavy (non-hydrogen) atoms. The van der Waals surface area contributed by atoms with Gasteiger partial charge >= 0.3 is 5.97 Å². The molecule has 2 N–H and O–H groups in total. The lowest BCUT2D eigenvalue weighted by Crippen LogP contribution is -2.51. The first-order valence-electron chi connectivity index (χ1n) is 7.41. The van der Waals surface area contributed by atoms with Gasteiger partial charge in [-0.1, -0.05) is 13.0 Å². The Morgan fingerprint density at radius 1 is 1.33 bits per heavy atom. The molecule has 0 radical (unpaired) electrons. The highest BCUT2D eigenvalue weighted by Crippen LogP contribution is 2.24. The largest absolute Gasteiger partial charge is 0.478 e. The molecule has 1 aromatic carbocycles. The number of benzene rings is 1. The van der Waals surface area contributed by atoms with Crippen LogP contribution in [0.3, 0.4) is 0 Å². The van der Waals surface area contributed by atoms with Gasteiger partial charge in [0.05, 0.1) is 5.56 Å². The average molecular weight is 288 g/mol. The summed E-state index contributed by atoms with van der Waals surface area (Å²) in [5, 5.41) is 12.3. The molecule has 1 amide bonds. The van der Waals surface area contributed by atoms with E-state index in [4.69, 9.17) is 5.11 Å². The summed E-state index contributed by atoms with van der Waals surface area (Å²) in [6.45, 7) is 5.08. The molecule has 112 valence electrons. The molecule has 2 aliphatic heterocycles. The van der Waals surface area contributed by atoms with Gasteiger partial charge in [-0.2, -0.15) is 0 Å². The summed E-state index contributed by atoms with van der Waals surface area (Å²) < 4.78 is 0. The van der Waals surface area contributed by atoms with Crippen LogP contribution in [0.5, 0.6) is 0 Å². The molecular formula is C16H20N2O3. The standard InChI is InChI=1S/C16H20N2O3/c1-10(14-7-17-8-14)15(19)18-5-4-11-2-3-12(16(20)21)6-13(11)9-18/h2-3,6,10,14,17H,4-5,7-9H2,1H3,(H,20,21). The van der Waals surface area contributed by atoms with Gasteiger partial charge in [0.25, 0.3) is 0 Å². The number of carbonyl (C=O) groups excluding carboxylic acids is 1. The van der Waals surface area contributed by atoms with E-state index >= 15 is 0 Å². The van der Waals surface area contributed by atoms with Gasteiger partial charge in [-0.15, -0.1) is 0 Å². The van der Waals surface area contributed by atoms with Crippen molar-refractivity contribution in [2.45, 2.75) is 19.9 Å². The summed E-state index contributed by atoms with van der Waals surface area (Å²) in [6, 6.07) is 5.22. The average Bonchev–Trinajstić information content (AvgIpc) is 2.43. The monoisotopic (exact) mass is 288 g/mol. The van der Waals surface area contributed by atoms with Crippen molar-refractivity contribution in [2.75, 3.05) is 19.6 Å². The summed E-state index contributed by atoms with van der Waals surface area (Å²) >= 11 is 0. The van der Waals surface area contributed by atoms with Crippen LogP contribution in [0.15, 0.2) is 18.2 Å². The fourth-order valence-corrected chi connectivity index (χ4v) is 3.03. The summed E-state index contributed by atoms with van der Waals surface area (Å²) in [6.07, 6.45) is 0.802. The number of hydrogen-bond acceptors (Lipinski definition) is 3. The van der Waals surface area contributed by atoms with Gasteiger partial charge in [0.2, 0.25) is 5.91 Å². The predicted octanol–water partition coefficient (Wildman–Crippen LogP) is 1.12. The molecule has 1 fully saturated rings. The van der Waals surface area contributed by atoms with Crippen LogP contribution in [0.4, 0.5) is 0 Å². The normalized spacial score (nSPS) is 19.6. The van der Waals surface area contributed by atoms with Gasteiger partial charge in [0.1, 0.15) is 0 Å². The minimum atomic E-state index is -0.921. The Morgan fingerprint density at radius 3 is 2.71 bits per heavy atom. The topological polar surface area (TPSA) is 69.6 Å². The molecule has 1 aromatic rings. The van der Waals surface area contributed by atoms with E-state index in [1.807, 2.05) is 17.9 Å². The molecular weight excluding hydrogens is 268 g/mol. The smallest absolute Gasteiger partial charge is 0.335 e. The van der Waals surface area contributed by atoms with Gasteiger partial charge in [-0.3, -0.25) is 4.79 Å². The van der Waals surface area contributed by atoms with E-state index in [2.05, 4.69) is 5.32 Å². The van der Waals surface area contributed by atoms with Crippen LogP contribution < -0.4 is 5.32 Å². The highest BCUT2D eigenvalue weighted by atomic mass is 16.4. The van der Waals surface area contributed by atoms with Crippen molar-refractivity contribution in [3.63, 3.8) is 0 Å². The minimum Gasteiger partial charge on any atom is -0.478 e. The number of hydrogen-bond donors (Lipinski definition) is 2. The lowest BCUT2D eigenvalue weighted by Gasteiger charge is -2.37. The number of carboxylic acid groups (broad SMARTS) is 1. The molecule has 1 unspecified atom stereocenters. The van der Waals surface area contributed by atoms with Gasteiger partial charge < -0.3 is 15.3 Å². The number of rotatable bonds is 3. The molecule has 0 aliphatic carbocycles. The Kier molecular flexibility index (Phi) is 3.68. The van der Waals surface area contributed by atoms with E-state index in [9.17, 15) is 9.59 Å². The van der Waals surface area contributed by atoms with Crippen LogP contribution in [-0.2, 0) is 17.8 Å². The lowest BCUT2D eigenvalue weighted by atomic mass is 9.87. The van der Waals surface area contributed by atoms with Crippen LogP contribution in [-0.4, -0.2) is 41.5 Å². The number of aromatic carboxylic acids is 1. The van der Waals surface area contributed by atoms with Crippen LogP contribution in [0, 0.1) is 11.8 Å². The number of carbonyl (C=O) groups is 2. The summed E-state index contributed by atoms with van der Waals surface area (Å²) in [7, 11) is 0. The fourth-order valence-electron chi connectivity index (χ4n) is 3.03. The number of nitrogens with zero attached hydrogens (tertiary/aromatic N) is 1. The first kappa shape index (κ1) is 14.1. The second kappa shape index (κ2) is 5.48. The van der Waals surface area contributed by atoms with E-state index in [-0.39, 0.29) is 11.8 Å². The van der Waals surface area contributed by atoms with Crippen LogP contribution in [0.1, 0.15) is 28.4 Å². The molecule has 0 bridgehead atoms. The number of fused-ring (bicyclic) bond motifs is 1. The third-order valence-corrected chi connectivity index (χ3v) is 4.69. The van der Waals surface area contributed by atoms with E-state index in [0.29, 0.717) is 18.0 Å². The zero-order chi connectivity index (χ0) is 15.0. The van der Waals surface area contributed by atoms with Crippen LogP contribution >= 0.6 is 0 Å². The summed E-state index contributed by atoms with van der Waals surface area (Å²) in [5.74, 6) is -0.261. The van der Waals surface area contributed by atoms with E-state index < -0.39 is 5.97 Å². The molecule has 5 heteroatoms. The molecule has 2 aliphatic rings. The van der Waals surface area contributed by atoms with Crippen molar-refractivity contribution in [3.8, 4) is 0 Å². The molecule has 1 atom stereocenters. The molecule has 5 nitrogen and oxygen atoms in total. The first-order valence-corrected chi connectivity index (χ1v) is 7.41. The Hall–Kier alpha value is -1.88. The number of nitrogens with one attached hydrogen (secondary N) is 1. The van der Waals surface area contributed by atoms with E-state index in [1.165, 1.54) is 0 Å². The third kappa shape index (κ3) is 2.65. The van der Waals surface area contributed by atoms with Crippen molar-refractivity contribution in [3.05, 3.63) is 34.9 Å². The minimum absolute atomic E-state index is 0.0375. The maximum absolute atomic E-state index is 12.5. The Bertz CT molecular complexity index is 581. The fraction of sp³-hybridized carbons (Fsp3) is 0.500. The van der Waals surface area contributed by atoms with Crippen molar-refractivity contribution >= 4 is 11.9 Å².